The third-order valence-electron chi connectivity index (χ3n) is 3.71. The summed E-state index contributed by atoms with van der Waals surface area (Å²) in [4.78, 5) is 28.9. The van der Waals surface area contributed by atoms with Crippen LogP contribution in [0.15, 0.2) is 34.9 Å². The van der Waals surface area contributed by atoms with E-state index in [4.69, 9.17) is 21.1 Å². The number of carbonyl (C=O) groups excluding carboxylic acids is 1. The first kappa shape index (κ1) is 17.0. The number of oxazole rings is 1. The van der Waals surface area contributed by atoms with Crippen molar-refractivity contribution in [3.63, 3.8) is 0 Å². The SMILES string of the molecule is CN(C(=O)Cc1coc(-c2ccc(Cl)cc2)n1)C(C)(C)C(=O)O. The van der Waals surface area contributed by atoms with Crippen molar-refractivity contribution >= 4 is 23.5 Å². The van der Waals surface area contributed by atoms with Gasteiger partial charge < -0.3 is 14.4 Å². The van der Waals surface area contributed by atoms with Gasteiger partial charge in [0, 0.05) is 17.6 Å². The van der Waals surface area contributed by atoms with Crippen molar-refractivity contribution in [3.8, 4) is 11.5 Å². The van der Waals surface area contributed by atoms with Gasteiger partial charge in [0.15, 0.2) is 0 Å². The Morgan fingerprint density at radius 3 is 2.48 bits per heavy atom. The molecule has 1 N–H and O–H groups in total. The molecule has 0 aliphatic rings. The number of aromatic nitrogens is 1. The van der Waals surface area contributed by atoms with E-state index in [1.165, 1.54) is 32.1 Å². The minimum atomic E-state index is -1.29. The predicted octanol–water partition coefficient (Wildman–Crippen LogP) is 2.86. The van der Waals surface area contributed by atoms with Gasteiger partial charge in [0.2, 0.25) is 11.8 Å². The number of carbonyl (C=O) groups is 2. The van der Waals surface area contributed by atoms with Crippen LogP contribution < -0.4 is 0 Å². The summed E-state index contributed by atoms with van der Waals surface area (Å²) in [7, 11) is 1.46. The lowest BCUT2D eigenvalue weighted by atomic mass is 10.0. The molecule has 0 radical (unpaired) electrons. The minimum absolute atomic E-state index is 0.0374. The molecule has 0 aliphatic heterocycles. The molecule has 1 aromatic carbocycles. The molecule has 2 aromatic rings. The normalized spacial score (nSPS) is 11.3. The first-order chi connectivity index (χ1) is 10.7. The summed E-state index contributed by atoms with van der Waals surface area (Å²) in [5.41, 5.74) is -0.111. The fourth-order valence-electron chi connectivity index (χ4n) is 1.84. The summed E-state index contributed by atoms with van der Waals surface area (Å²) in [5, 5.41) is 9.77. The quantitative estimate of drug-likeness (QED) is 0.907. The molecule has 0 fully saturated rings. The van der Waals surface area contributed by atoms with Gasteiger partial charge in [-0.3, -0.25) is 4.79 Å². The largest absolute Gasteiger partial charge is 0.480 e. The Balaban J connectivity index is 2.11. The molecule has 1 amide bonds. The topological polar surface area (TPSA) is 83.6 Å². The molecule has 1 aromatic heterocycles. The Morgan fingerprint density at radius 2 is 1.91 bits per heavy atom. The van der Waals surface area contributed by atoms with Gasteiger partial charge in [-0.15, -0.1) is 0 Å². The fraction of sp³-hybridized carbons (Fsp3) is 0.312. The van der Waals surface area contributed by atoms with E-state index in [-0.39, 0.29) is 12.3 Å². The minimum Gasteiger partial charge on any atom is -0.480 e. The van der Waals surface area contributed by atoms with Crippen LogP contribution in [0.2, 0.25) is 5.02 Å². The number of rotatable bonds is 5. The molecule has 0 aliphatic carbocycles. The molecule has 0 bridgehead atoms. The van der Waals surface area contributed by atoms with E-state index >= 15 is 0 Å². The van der Waals surface area contributed by atoms with E-state index in [9.17, 15) is 9.59 Å². The summed E-state index contributed by atoms with van der Waals surface area (Å²) in [6, 6.07) is 6.96. The Morgan fingerprint density at radius 1 is 1.30 bits per heavy atom. The molecule has 6 nitrogen and oxygen atoms in total. The molecule has 7 heteroatoms. The zero-order valence-electron chi connectivity index (χ0n) is 13.0. The van der Waals surface area contributed by atoms with E-state index in [1.54, 1.807) is 24.3 Å². The van der Waals surface area contributed by atoms with Crippen LogP contribution in [-0.4, -0.2) is 39.5 Å². The summed E-state index contributed by atoms with van der Waals surface area (Å²) in [6.07, 6.45) is 1.35. The monoisotopic (exact) mass is 336 g/mol. The Kier molecular flexibility index (Phi) is 4.75. The first-order valence-corrected chi connectivity index (χ1v) is 7.30. The second-order valence-electron chi connectivity index (χ2n) is 5.64. The fourth-order valence-corrected chi connectivity index (χ4v) is 1.97. The van der Waals surface area contributed by atoms with Crippen LogP contribution in [0.1, 0.15) is 19.5 Å². The number of nitrogens with zero attached hydrogens (tertiary/aromatic N) is 2. The van der Waals surface area contributed by atoms with Crippen LogP contribution in [0.3, 0.4) is 0 Å². The number of benzene rings is 1. The number of amides is 1. The number of carboxylic acids is 1. The highest BCUT2D eigenvalue weighted by atomic mass is 35.5. The van der Waals surface area contributed by atoms with Crippen LogP contribution in [0.25, 0.3) is 11.5 Å². The average Bonchev–Trinajstić information content (AvgIpc) is 2.95. The van der Waals surface area contributed by atoms with Gasteiger partial charge in [-0.05, 0) is 38.1 Å². The number of likely N-dealkylation sites (N-methyl/N-ethyl adjacent to an activating group) is 1. The van der Waals surface area contributed by atoms with Crippen LogP contribution in [-0.2, 0) is 16.0 Å². The second kappa shape index (κ2) is 6.42. The molecule has 0 unspecified atom stereocenters. The van der Waals surface area contributed by atoms with Gasteiger partial charge in [0.25, 0.3) is 0 Å². The van der Waals surface area contributed by atoms with Gasteiger partial charge in [-0.25, -0.2) is 9.78 Å². The zero-order chi connectivity index (χ0) is 17.2. The number of halogens is 1. The van der Waals surface area contributed by atoms with Crippen molar-refractivity contribution in [1.29, 1.82) is 0 Å². The van der Waals surface area contributed by atoms with E-state index in [0.717, 1.165) is 5.56 Å². The lowest BCUT2D eigenvalue weighted by Crippen LogP contribution is -2.51. The summed E-state index contributed by atoms with van der Waals surface area (Å²) >= 11 is 5.83. The maximum atomic E-state index is 12.2. The first-order valence-electron chi connectivity index (χ1n) is 6.92. The molecule has 0 saturated heterocycles. The number of hydrogen-bond acceptors (Lipinski definition) is 4. The van der Waals surface area contributed by atoms with E-state index in [1.807, 2.05) is 0 Å². The van der Waals surface area contributed by atoms with Crippen LogP contribution in [0.5, 0.6) is 0 Å². The molecule has 0 saturated carbocycles. The summed E-state index contributed by atoms with van der Waals surface area (Å²) in [5.74, 6) is -1.05. The van der Waals surface area contributed by atoms with Gasteiger partial charge in [0.1, 0.15) is 11.8 Å². The highest BCUT2D eigenvalue weighted by Gasteiger charge is 2.35. The van der Waals surface area contributed by atoms with Crippen molar-refractivity contribution in [3.05, 3.63) is 41.2 Å². The number of hydrogen-bond donors (Lipinski definition) is 1. The third-order valence-corrected chi connectivity index (χ3v) is 3.96. The molecule has 23 heavy (non-hydrogen) atoms. The Labute approximate surface area is 138 Å². The van der Waals surface area contributed by atoms with Crippen LogP contribution in [0, 0.1) is 0 Å². The highest BCUT2D eigenvalue weighted by molar-refractivity contribution is 6.30. The van der Waals surface area contributed by atoms with Gasteiger partial charge >= 0.3 is 5.97 Å². The maximum absolute atomic E-state index is 12.2. The van der Waals surface area contributed by atoms with Gasteiger partial charge in [0.05, 0.1) is 12.1 Å². The van der Waals surface area contributed by atoms with E-state index in [2.05, 4.69) is 4.98 Å². The predicted molar refractivity (Wildman–Crippen MR) is 85.1 cm³/mol. The van der Waals surface area contributed by atoms with Crippen molar-refractivity contribution in [2.75, 3.05) is 7.05 Å². The third kappa shape index (κ3) is 3.71. The zero-order valence-corrected chi connectivity index (χ0v) is 13.8. The molecule has 0 atom stereocenters. The number of carboxylic acid groups (broad SMARTS) is 1. The molecule has 2 rings (SSSR count). The lowest BCUT2D eigenvalue weighted by molar-refractivity contribution is -0.155. The summed E-state index contributed by atoms with van der Waals surface area (Å²) < 4.78 is 5.36. The maximum Gasteiger partial charge on any atom is 0.329 e. The standard InChI is InChI=1S/C16H17ClN2O4/c1-16(2,15(21)22)19(3)13(20)8-12-9-23-14(18-12)10-4-6-11(17)7-5-10/h4-7,9H,8H2,1-3H3,(H,21,22). The lowest BCUT2D eigenvalue weighted by Gasteiger charge is -2.31. The second-order valence-corrected chi connectivity index (χ2v) is 6.08. The summed E-state index contributed by atoms with van der Waals surface area (Å²) in [6.45, 7) is 2.93. The molecular weight excluding hydrogens is 320 g/mol. The van der Waals surface area contributed by atoms with E-state index < -0.39 is 11.5 Å². The smallest absolute Gasteiger partial charge is 0.329 e. The molecule has 0 spiro atoms. The van der Waals surface area contributed by atoms with Gasteiger partial charge in [-0.1, -0.05) is 11.6 Å². The molecule has 1 heterocycles. The van der Waals surface area contributed by atoms with Crippen molar-refractivity contribution in [2.45, 2.75) is 25.8 Å². The van der Waals surface area contributed by atoms with E-state index in [0.29, 0.717) is 16.6 Å². The molecule has 122 valence electrons. The Bertz CT molecular complexity index is 722. The average molecular weight is 337 g/mol. The van der Waals surface area contributed by atoms with Gasteiger partial charge in [-0.2, -0.15) is 0 Å². The number of aliphatic carboxylic acids is 1. The molecular formula is C16H17ClN2O4. The van der Waals surface area contributed by atoms with Crippen molar-refractivity contribution < 1.29 is 19.1 Å². The highest BCUT2D eigenvalue weighted by Crippen LogP contribution is 2.21. The Hall–Kier alpha value is -2.34. The van der Waals surface area contributed by atoms with Crippen LogP contribution in [0.4, 0.5) is 0 Å². The van der Waals surface area contributed by atoms with Crippen LogP contribution >= 0.6 is 11.6 Å². The van der Waals surface area contributed by atoms with Crippen molar-refractivity contribution in [1.82, 2.24) is 9.88 Å². The van der Waals surface area contributed by atoms with Crippen molar-refractivity contribution in [2.24, 2.45) is 0 Å².